The van der Waals surface area contributed by atoms with E-state index < -0.39 is 0 Å². The summed E-state index contributed by atoms with van der Waals surface area (Å²) < 4.78 is 2.21. The van der Waals surface area contributed by atoms with E-state index in [1.54, 1.807) is 0 Å². The highest BCUT2D eigenvalue weighted by molar-refractivity contribution is 5.81. The van der Waals surface area contributed by atoms with Crippen LogP contribution in [-0.2, 0) is 4.79 Å². The largest absolute Gasteiger partial charge is 0.357 e. The van der Waals surface area contributed by atoms with E-state index in [-0.39, 0.29) is 5.91 Å². The van der Waals surface area contributed by atoms with Crippen LogP contribution in [-0.4, -0.2) is 70.5 Å². The molecule has 0 saturated carbocycles. The minimum atomic E-state index is 0.255. The lowest BCUT2D eigenvalue weighted by Gasteiger charge is -2.39. The normalized spacial score (nSPS) is 24.1. The van der Waals surface area contributed by atoms with Crippen molar-refractivity contribution in [3.8, 4) is 0 Å². The summed E-state index contributed by atoms with van der Waals surface area (Å²) in [6.07, 6.45) is 12.2. The molecule has 3 heterocycles. The summed E-state index contributed by atoms with van der Waals surface area (Å²) in [4.78, 5) is 25.9. The number of carbonyl (C=O) groups excluding carboxylic acids is 1. The molecule has 2 unspecified atom stereocenters. The summed E-state index contributed by atoms with van der Waals surface area (Å²) in [5.41, 5.74) is 0. The number of rotatable bonds is 5. The van der Waals surface area contributed by atoms with Crippen LogP contribution in [0.1, 0.15) is 58.4 Å². The Labute approximate surface area is 169 Å². The molecule has 0 bridgehead atoms. The Morgan fingerprint density at radius 1 is 1.18 bits per heavy atom. The molecule has 3 rings (SSSR count). The molecule has 156 valence electrons. The second-order valence-corrected chi connectivity index (χ2v) is 8.07. The Hall–Kier alpha value is -2.05. The lowest BCUT2D eigenvalue weighted by atomic mass is 9.93. The number of likely N-dealkylation sites (tertiary alicyclic amines) is 2. The zero-order valence-electron chi connectivity index (χ0n) is 17.5. The van der Waals surface area contributed by atoms with Gasteiger partial charge in [-0.3, -0.25) is 9.79 Å². The molecule has 2 fully saturated rings. The molecular weight excluding hydrogens is 352 g/mol. The zero-order chi connectivity index (χ0) is 19.8. The molecule has 0 spiro atoms. The van der Waals surface area contributed by atoms with Crippen LogP contribution >= 0.6 is 0 Å². The molecule has 0 aliphatic carbocycles. The van der Waals surface area contributed by atoms with Gasteiger partial charge in [-0.25, -0.2) is 4.98 Å². The van der Waals surface area contributed by atoms with Crippen molar-refractivity contribution in [1.82, 2.24) is 24.7 Å². The van der Waals surface area contributed by atoms with E-state index in [4.69, 9.17) is 4.99 Å². The van der Waals surface area contributed by atoms with Crippen molar-refractivity contribution >= 4 is 11.9 Å². The molecule has 1 aromatic rings. The van der Waals surface area contributed by atoms with Crippen molar-refractivity contribution in [3.05, 3.63) is 18.7 Å². The SMILES string of the molecule is CCNC(=NCCC(=O)N1CCCCCC1)N1CCC(C)C(n2ccnc2)C1. The number of amides is 1. The number of hydrogen-bond acceptors (Lipinski definition) is 3. The van der Waals surface area contributed by atoms with Gasteiger partial charge >= 0.3 is 0 Å². The lowest BCUT2D eigenvalue weighted by molar-refractivity contribution is -0.130. The van der Waals surface area contributed by atoms with Crippen LogP contribution in [0.15, 0.2) is 23.7 Å². The van der Waals surface area contributed by atoms with Gasteiger partial charge in [-0.1, -0.05) is 19.8 Å². The highest BCUT2D eigenvalue weighted by Crippen LogP contribution is 2.27. The van der Waals surface area contributed by atoms with Gasteiger partial charge in [0.2, 0.25) is 5.91 Å². The van der Waals surface area contributed by atoms with E-state index in [9.17, 15) is 4.79 Å². The molecule has 2 aliphatic rings. The van der Waals surface area contributed by atoms with Crippen LogP contribution in [0.25, 0.3) is 0 Å². The lowest BCUT2D eigenvalue weighted by Crippen LogP contribution is -2.49. The summed E-state index contributed by atoms with van der Waals surface area (Å²) in [6, 6.07) is 0.402. The van der Waals surface area contributed by atoms with Crippen molar-refractivity contribution in [2.45, 2.75) is 58.4 Å². The van der Waals surface area contributed by atoms with Crippen molar-refractivity contribution in [1.29, 1.82) is 0 Å². The first kappa shape index (κ1) is 20.7. The van der Waals surface area contributed by atoms with Crippen molar-refractivity contribution < 1.29 is 4.79 Å². The summed E-state index contributed by atoms with van der Waals surface area (Å²) in [5.74, 6) is 1.80. The monoisotopic (exact) mass is 388 g/mol. The fourth-order valence-corrected chi connectivity index (χ4v) is 4.26. The minimum Gasteiger partial charge on any atom is -0.357 e. The summed E-state index contributed by atoms with van der Waals surface area (Å²) in [6.45, 7) is 9.55. The summed E-state index contributed by atoms with van der Waals surface area (Å²) >= 11 is 0. The van der Waals surface area contributed by atoms with Gasteiger partial charge in [0, 0.05) is 51.5 Å². The number of imidazole rings is 1. The number of nitrogens with zero attached hydrogens (tertiary/aromatic N) is 5. The fraction of sp³-hybridized carbons (Fsp3) is 0.762. The van der Waals surface area contributed by atoms with Crippen LogP contribution in [0.5, 0.6) is 0 Å². The molecular formula is C21H36N6O. The zero-order valence-corrected chi connectivity index (χ0v) is 17.5. The molecule has 28 heavy (non-hydrogen) atoms. The van der Waals surface area contributed by atoms with Crippen molar-refractivity contribution in [2.75, 3.05) is 39.3 Å². The number of aliphatic imine (C=N–C) groups is 1. The first-order valence-corrected chi connectivity index (χ1v) is 11.0. The summed E-state index contributed by atoms with van der Waals surface area (Å²) in [7, 11) is 0. The Balaban J connectivity index is 1.58. The molecule has 7 nitrogen and oxygen atoms in total. The van der Waals surface area contributed by atoms with E-state index in [0.717, 1.165) is 57.9 Å². The smallest absolute Gasteiger partial charge is 0.224 e. The van der Waals surface area contributed by atoms with Gasteiger partial charge in [-0.05, 0) is 32.1 Å². The maximum Gasteiger partial charge on any atom is 0.224 e. The van der Waals surface area contributed by atoms with Gasteiger partial charge in [0.25, 0.3) is 0 Å². The highest BCUT2D eigenvalue weighted by atomic mass is 16.2. The Morgan fingerprint density at radius 2 is 1.96 bits per heavy atom. The predicted molar refractivity (Wildman–Crippen MR) is 112 cm³/mol. The van der Waals surface area contributed by atoms with Gasteiger partial charge in [0.15, 0.2) is 5.96 Å². The van der Waals surface area contributed by atoms with Crippen LogP contribution in [0.3, 0.4) is 0 Å². The average molecular weight is 389 g/mol. The second kappa shape index (κ2) is 10.5. The Bertz CT molecular complexity index is 621. The molecule has 1 aromatic heterocycles. The molecule has 2 atom stereocenters. The highest BCUT2D eigenvalue weighted by Gasteiger charge is 2.29. The maximum atomic E-state index is 12.5. The predicted octanol–water partition coefficient (Wildman–Crippen LogP) is 2.52. The van der Waals surface area contributed by atoms with Crippen LogP contribution in [0, 0.1) is 5.92 Å². The topological polar surface area (TPSA) is 65.8 Å². The van der Waals surface area contributed by atoms with Gasteiger partial charge < -0.3 is 19.7 Å². The van der Waals surface area contributed by atoms with E-state index in [2.05, 4.69) is 39.8 Å². The Morgan fingerprint density at radius 3 is 2.64 bits per heavy atom. The third-order valence-electron chi connectivity index (χ3n) is 6.01. The third kappa shape index (κ3) is 5.49. The number of nitrogens with one attached hydrogen (secondary N) is 1. The number of carbonyl (C=O) groups is 1. The molecule has 2 aliphatic heterocycles. The van der Waals surface area contributed by atoms with Crippen LogP contribution < -0.4 is 5.32 Å². The standard InChI is InChI=1S/C21H36N6O/c1-3-23-21(24-10-8-20(28)25-12-6-4-5-7-13-25)26-14-9-18(2)19(16-26)27-15-11-22-17-27/h11,15,17-19H,3-10,12-14,16H2,1-2H3,(H,23,24). The number of piperidine rings is 1. The number of hydrogen-bond donors (Lipinski definition) is 1. The average Bonchev–Trinajstić information content (AvgIpc) is 3.09. The van der Waals surface area contributed by atoms with Crippen molar-refractivity contribution in [3.63, 3.8) is 0 Å². The van der Waals surface area contributed by atoms with Gasteiger partial charge in [-0.15, -0.1) is 0 Å². The van der Waals surface area contributed by atoms with Gasteiger partial charge in [-0.2, -0.15) is 0 Å². The molecule has 2 saturated heterocycles. The minimum absolute atomic E-state index is 0.255. The van der Waals surface area contributed by atoms with Crippen LogP contribution in [0.4, 0.5) is 0 Å². The number of aromatic nitrogens is 2. The van der Waals surface area contributed by atoms with E-state index in [1.807, 2.05) is 17.4 Å². The molecule has 1 amide bonds. The number of guanidine groups is 1. The van der Waals surface area contributed by atoms with Crippen molar-refractivity contribution in [2.24, 2.45) is 10.9 Å². The molecule has 7 heteroatoms. The van der Waals surface area contributed by atoms with E-state index in [1.165, 1.54) is 12.8 Å². The van der Waals surface area contributed by atoms with Gasteiger partial charge in [0.1, 0.15) is 0 Å². The van der Waals surface area contributed by atoms with E-state index >= 15 is 0 Å². The summed E-state index contributed by atoms with van der Waals surface area (Å²) in [5, 5.41) is 3.42. The molecule has 1 N–H and O–H groups in total. The third-order valence-corrected chi connectivity index (χ3v) is 6.01. The maximum absolute atomic E-state index is 12.5. The first-order chi connectivity index (χ1) is 13.7. The first-order valence-electron chi connectivity index (χ1n) is 11.0. The van der Waals surface area contributed by atoms with Gasteiger partial charge in [0.05, 0.1) is 18.9 Å². The molecule has 0 radical (unpaired) electrons. The van der Waals surface area contributed by atoms with E-state index in [0.29, 0.717) is 24.9 Å². The fourth-order valence-electron chi connectivity index (χ4n) is 4.26. The quantitative estimate of drug-likeness (QED) is 0.622. The van der Waals surface area contributed by atoms with Crippen LogP contribution in [0.2, 0.25) is 0 Å². The Kier molecular flexibility index (Phi) is 7.74. The second-order valence-electron chi connectivity index (χ2n) is 8.07. The molecule has 0 aromatic carbocycles.